The van der Waals surface area contributed by atoms with Crippen LogP contribution in [0.2, 0.25) is 5.02 Å². The van der Waals surface area contributed by atoms with Crippen LogP contribution in [-0.4, -0.2) is 30.6 Å². The molecule has 25 heavy (non-hydrogen) atoms. The Labute approximate surface area is 151 Å². The number of esters is 1. The zero-order valence-corrected chi connectivity index (χ0v) is 14.8. The summed E-state index contributed by atoms with van der Waals surface area (Å²) in [5, 5.41) is 5.27. The molecule has 1 aromatic carbocycles. The highest BCUT2D eigenvalue weighted by molar-refractivity contribution is 6.31. The number of carbonyl (C=O) groups excluding carboxylic acids is 3. The van der Waals surface area contributed by atoms with Crippen molar-refractivity contribution in [2.45, 2.75) is 38.6 Å². The molecule has 0 aromatic heterocycles. The van der Waals surface area contributed by atoms with Crippen molar-refractivity contribution in [1.82, 2.24) is 10.6 Å². The van der Waals surface area contributed by atoms with Gasteiger partial charge in [0, 0.05) is 16.8 Å². The first-order chi connectivity index (χ1) is 11.9. The van der Waals surface area contributed by atoms with Gasteiger partial charge in [0.25, 0.3) is 5.91 Å². The average Bonchev–Trinajstić information content (AvgIpc) is 2.57. The molecule has 2 rings (SSSR count). The molecule has 2 atom stereocenters. The standard InChI is InChI=1S/C17H22ClN3O4/c1-10-4-2-3-5-14(10)20-17(24)21-15(22)9-25-16(23)12-8-11(18)6-7-13(12)19/h6-8,10,14H,2-5,9,19H2,1H3,(H2,20,21,22,24)/t10-,14+/m0/s1. The first kappa shape index (κ1) is 19.1. The summed E-state index contributed by atoms with van der Waals surface area (Å²) in [6.07, 6.45) is 4.16. The van der Waals surface area contributed by atoms with Gasteiger partial charge in [-0.15, -0.1) is 0 Å². The fourth-order valence-electron chi connectivity index (χ4n) is 2.81. The Bertz CT molecular complexity index is 665. The van der Waals surface area contributed by atoms with Gasteiger partial charge >= 0.3 is 12.0 Å². The topological polar surface area (TPSA) is 111 Å². The Morgan fingerprint density at radius 1 is 1.28 bits per heavy atom. The number of imide groups is 1. The van der Waals surface area contributed by atoms with Gasteiger partial charge in [-0.3, -0.25) is 10.1 Å². The lowest BCUT2D eigenvalue weighted by atomic mass is 9.86. The van der Waals surface area contributed by atoms with Crippen LogP contribution in [-0.2, 0) is 9.53 Å². The minimum atomic E-state index is -0.781. The maximum absolute atomic E-state index is 11.9. The summed E-state index contributed by atoms with van der Waals surface area (Å²) in [4.78, 5) is 35.5. The summed E-state index contributed by atoms with van der Waals surface area (Å²) in [5.41, 5.74) is 5.93. The van der Waals surface area contributed by atoms with E-state index in [2.05, 4.69) is 17.6 Å². The molecule has 0 spiro atoms. The van der Waals surface area contributed by atoms with E-state index < -0.39 is 24.5 Å². The fraction of sp³-hybridized carbons (Fsp3) is 0.471. The smallest absolute Gasteiger partial charge is 0.340 e. The SMILES string of the molecule is C[C@H]1CCCC[C@H]1NC(=O)NC(=O)COC(=O)c1cc(Cl)ccc1N. The summed E-state index contributed by atoms with van der Waals surface area (Å²) in [5.74, 6) is -1.12. The van der Waals surface area contributed by atoms with Gasteiger partial charge in [0.2, 0.25) is 0 Å². The molecule has 0 heterocycles. The van der Waals surface area contributed by atoms with E-state index in [0.29, 0.717) is 10.9 Å². The highest BCUT2D eigenvalue weighted by Crippen LogP contribution is 2.23. The third-order valence-electron chi connectivity index (χ3n) is 4.25. The molecule has 1 aromatic rings. The first-order valence-electron chi connectivity index (χ1n) is 8.19. The van der Waals surface area contributed by atoms with Crippen LogP contribution in [0.15, 0.2) is 18.2 Å². The maximum atomic E-state index is 11.9. The Balaban J connectivity index is 1.79. The van der Waals surface area contributed by atoms with Gasteiger partial charge in [-0.05, 0) is 37.0 Å². The van der Waals surface area contributed by atoms with Gasteiger partial charge < -0.3 is 15.8 Å². The van der Waals surface area contributed by atoms with E-state index in [4.69, 9.17) is 22.1 Å². The van der Waals surface area contributed by atoms with Crippen molar-refractivity contribution in [3.63, 3.8) is 0 Å². The fourth-order valence-corrected chi connectivity index (χ4v) is 2.98. The van der Waals surface area contributed by atoms with E-state index in [-0.39, 0.29) is 17.3 Å². The monoisotopic (exact) mass is 367 g/mol. The molecule has 1 aliphatic rings. The predicted octanol–water partition coefficient (Wildman–Crippen LogP) is 2.48. The van der Waals surface area contributed by atoms with Crippen molar-refractivity contribution in [3.05, 3.63) is 28.8 Å². The summed E-state index contributed by atoms with van der Waals surface area (Å²) in [6, 6.07) is 3.83. The number of anilines is 1. The second-order valence-electron chi connectivity index (χ2n) is 6.20. The molecule has 0 saturated heterocycles. The van der Waals surface area contributed by atoms with Gasteiger partial charge in [0.15, 0.2) is 6.61 Å². The summed E-state index contributed by atoms with van der Waals surface area (Å²) in [6.45, 7) is 1.49. The van der Waals surface area contributed by atoms with Crippen molar-refractivity contribution >= 4 is 35.2 Å². The maximum Gasteiger partial charge on any atom is 0.340 e. The van der Waals surface area contributed by atoms with Crippen molar-refractivity contribution < 1.29 is 19.1 Å². The Morgan fingerprint density at radius 3 is 2.72 bits per heavy atom. The van der Waals surface area contributed by atoms with Crippen LogP contribution in [0.3, 0.4) is 0 Å². The third kappa shape index (κ3) is 5.63. The van der Waals surface area contributed by atoms with Gasteiger partial charge in [0.1, 0.15) is 0 Å². The number of rotatable bonds is 4. The lowest BCUT2D eigenvalue weighted by Crippen LogP contribution is -2.48. The largest absolute Gasteiger partial charge is 0.452 e. The normalized spacial score (nSPS) is 19.8. The molecule has 1 saturated carbocycles. The number of nitrogens with two attached hydrogens (primary N) is 1. The zero-order valence-electron chi connectivity index (χ0n) is 14.0. The molecule has 1 fully saturated rings. The molecule has 4 N–H and O–H groups in total. The number of benzene rings is 1. The lowest BCUT2D eigenvalue weighted by Gasteiger charge is -2.29. The van der Waals surface area contributed by atoms with Crippen molar-refractivity contribution in [3.8, 4) is 0 Å². The van der Waals surface area contributed by atoms with Crippen molar-refractivity contribution in [2.75, 3.05) is 12.3 Å². The van der Waals surface area contributed by atoms with E-state index >= 15 is 0 Å². The molecule has 7 nitrogen and oxygen atoms in total. The summed E-state index contributed by atoms with van der Waals surface area (Å²) >= 11 is 5.80. The molecule has 0 unspecified atom stereocenters. The van der Waals surface area contributed by atoms with Crippen LogP contribution in [0.4, 0.5) is 10.5 Å². The molecular weight excluding hydrogens is 346 g/mol. The molecule has 0 aliphatic heterocycles. The quantitative estimate of drug-likeness (QED) is 0.559. The highest BCUT2D eigenvalue weighted by Gasteiger charge is 2.23. The minimum Gasteiger partial charge on any atom is -0.452 e. The van der Waals surface area contributed by atoms with Crippen LogP contribution < -0.4 is 16.4 Å². The van der Waals surface area contributed by atoms with Gasteiger partial charge in [-0.2, -0.15) is 0 Å². The number of nitrogen functional groups attached to an aromatic ring is 1. The lowest BCUT2D eigenvalue weighted by molar-refractivity contribution is -0.123. The minimum absolute atomic E-state index is 0.0513. The average molecular weight is 368 g/mol. The first-order valence-corrected chi connectivity index (χ1v) is 8.57. The second kappa shape index (κ2) is 8.71. The number of halogens is 1. The van der Waals surface area contributed by atoms with Crippen molar-refractivity contribution in [1.29, 1.82) is 0 Å². The van der Waals surface area contributed by atoms with Crippen LogP contribution in [0, 0.1) is 5.92 Å². The van der Waals surface area contributed by atoms with Crippen LogP contribution in [0.5, 0.6) is 0 Å². The van der Waals surface area contributed by atoms with Gasteiger partial charge in [0.05, 0.1) is 5.56 Å². The zero-order chi connectivity index (χ0) is 18.4. The second-order valence-corrected chi connectivity index (χ2v) is 6.63. The van der Waals surface area contributed by atoms with E-state index in [0.717, 1.165) is 25.7 Å². The Hall–Kier alpha value is -2.28. The van der Waals surface area contributed by atoms with E-state index in [1.54, 1.807) is 0 Å². The summed E-state index contributed by atoms with van der Waals surface area (Å²) < 4.78 is 4.87. The molecular formula is C17H22ClN3O4. The molecule has 8 heteroatoms. The number of amides is 3. The molecule has 0 radical (unpaired) electrons. The molecule has 0 bridgehead atoms. The Morgan fingerprint density at radius 2 is 2.00 bits per heavy atom. The number of nitrogens with one attached hydrogen (secondary N) is 2. The number of carbonyl (C=O) groups is 3. The highest BCUT2D eigenvalue weighted by atomic mass is 35.5. The number of hydrogen-bond acceptors (Lipinski definition) is 5. The number of urea groups is 1. The summed E-state index contributed by atoms with van der Waals surface area (Å²) in [7, 11) is 0. The molecule has 3 amide bonds. The molecule has 1 aliphatic carbocycles. The Kier molecular flexibility index (Phi) is 6.64. The van der Waals surface area contributed by atoms with Gasteiger partial charge in [-0.25, -0.2) is 9.59 Å². The van der Waals surface area contributed by atoms with Crippen molar-refractivity contribution in [2.24, 2.45) is 5.92 Å². The van der Waals surface area contributed by atoms with E-state index in [9.17, 15) is 14.4 Å². The van der Waals surface area contributed by atoms with E-state index in [1.165, 1.54) is 18.2 Å². The van der Waals surface area contributed by atoms with Crippen LogP contribution in [0.25, 0.3) is 0 Å². The number of ether oxygens (including phenoxy) is 1. The number of hydrogen-bond donors (Lipinski definition) is 3. The van der Waals surface area contributed by atoms with Crippen LogP contribution in [0.1, 0.15) is 43.0 Å². The molecule has 136 valence electrons. The third-order valence-corrected chi connectivity index (χ3v) is 4.49. The predicted molar refractivity (Wildman–Crippen MR) is 94.2 cm³/mol. The van der Waals surface area contributed by atoms with Gasteiger partial charge in [-0.1, -0.05) is 31.4 Å². The van der Waals surface area contributed by atoms with Crippen LogP contribution >= 0.6 is 11.6 Å². The van der Waals surface area contributed by atoms with E-state index in [1.807, 2.05) is 0 Å².